The van der Waals surface area contributed by atoms with Crippen LogP contribution in [0.4, 0.5) is 0 Å². The molecule has 0 aromatic heterocycles. The van der Waals surface area contributed by atoms with E-state index in [9.17, 15) is 9.90 Å². The Morgan fingerprint density at radius 3 is 2.72 bits per heavy atom. The minimum atomic E-state index is -0.339. The number of halogens is 1. The van der Waals surface area contributed by atoms with Gasteiger partial charge in [-0.1, -0.05) is 35.0 Å². The normalized spacial score (nSPS) is 21.1. The summed E-state index contributed by atoms with van der Waals surface area (Å²) in [6.45, 7) is 3.13. The number of carbonyl (C=O) groups is 1. The number of amides is 1. The summed E-state index contributed by atoms with van der Waals surface area (Å²) in [6, 6.07) is 8.05. The predicted octanol–water partition coefficient (Wildman–Crippen LogP) is 2.22. The molecule has 4 heteroatoms. The van der Waals surface area contributed by atoms with Crippen LogP contribution in [0.2, 0.25) is 0 Å². The molecule has 1 amide bonds. The van der Waals surface area contributed by atoms with Crippen LogP contribution in [0.3, 0.4) is 0 Å². The number of β-amino-alcohol motifs (C(OH)–C–C–N with tert-alkyl or cyclic N) is 1. The van der Waals surface area contributed by atoms with Crippen molar-refractivity contribution in [3.05, 3.63) is 34.3 Å². The van der Waals surface area contributed by atoms with Gasteiger partial charge in [-0.3, -0.25) is 4.79 Å². The second-order valence-electron chi connectivity index (χ2n) is 4.96. The molecule has 0 aliphatic carbocycles. The van der Waals surface area contributed by atoms with E-state index < -0.39 is 0 Å². The summed E-state index contributed by atoms with van der Waals surface area (Å²) in [6.07, 6.45) is 1.11. The van der Waals surface area contributed by atoms with Crippen molar-refractivity contribution in [2.24, 2.45) is 5.92 Å². The van der Waals surface area contributed by atoms with Crippen LogP contribution in [0.15, 0.2) is 28.7 Å². The van der Waals surface area contributed by atoms with Crippen LogP contribution in [-0.4, -0.2) is 35.1 Å². The zero-order chi connectivity index (χ0) is 13.1. The quantitative estimate of drug-likeness (QED) is 0.930. The number of hydrogen-bond donors (Lipinski definition) is 1. The van der Waals surface area contributed by atoms with Crippen molar-refractivity contribution >= 4 is 21.8 Å². The number of benzene rings is 1. The van der Waals surface area contributed by atoms with Gasteiger partial charge in [0.2, 0.25) is 5.91 Å². The summed E-state index contributed by atoms with van der Waals surface area (Å²) < 4.78 is 1.05. The lowest BCUT2D eigenvalue weighted by Gasteiger charge is -2.20. The van der Waals surface area contributed by atoms with Gasteiger partial charge in [0.15, 0.2) is 0 Å². The Bertz CT molecular complexity index is 418. The maximum Gasteiger partial charge on any atom is 0.225 e. The largest absolute Gasteiger partial charge is 0.391 e. The minimum absolute atomic E-state index is 0.0310. The van der Waals surface area contributed by atoms with Gasteiger partial charge < -0.3 is 10.0 Å². The Morgan fingerprint density at radius 1 is 1.50 bits per heavy atom. The molecule has 1 unspecified atom stereocenters. The molecule has 2 rings (SSSR count). The van der Waals surface area contributed by atoms with Gasteiger partial charge >= 0.3 is 0 Å². The lowest BCUT2D eigenvalue weighted by Crippen LogP contribution is -2.34. The average Bonchev–Trinajstić information content (AvgIpc) is 2.78. The summed E-state index contributed by atoms with van der Waals surface area (Å²) in [7, 11) is 0. The fourth-order valence-corrected chi connectivity index (χ4v) is 2.58. The van der Waals surface area contributed by atoms with Gasteiger partial charge in [-0.15, -0.1) is 0 Å². The molecule has 2 atom stereocenters. The van der Waals surface area contributed by atoms with Gasteiger partial charge in [-0.2, -0.15) is 0 Å². The summed E-state index contributed by atoms with van der Waals surface area (Å²) >= 11 is 3.40. The van der Waals surface area contributed by atoms with Crippen LogP contribution >= 0.6 is 15.9 Å². The molecule has 1 aliphatic heterocycles. The molecule has 18 heavy (non-hydrogen) atoms. The van der Waals surface area contributed by atoms with E-state index in [0.29, 0.717) is 19.5 Å². The molecule has 0 bridgehead atoms. The first-order valence-electron chi connectivity index (χ1n) is 6.27. The molecular formula is C14H18BrNO2. The molecule has 1 fully saturated rings. The van der Waals surface area contributed by atoms with E-state index in [2.05, 4.69) is 15.9 Å². The van der Waals surface area contributed by atoms with E-state index in [1.807, 2.05) is 31.2 Å². The summed E-state index contributed by atoms with van der Waals surface area (Å²) in [5, 5.41) is 9.45. The minimum Gasteiger partial charge on any atom is -0.391 e. The van der Waals surface area contributed by atoms with Crippen LogP contribution < -0.4 is 0 Å². The fourth-order valence-electron chi connectivity index (χ4n) is 2.32. The van der Waals surface area contributed by atoms with Gasteiger partial charge in [-0.25, -0.2) is 0 Å². The third-order valence-electron chi connectivity index (χ3n) is 3.35. The van der Waals surface area contributed by atoms with Crippen molar-refractivity contribution in [1.82, 2.24) is 4.90 Å². The summed E-state index contributed by atoms with van der Waals surface area (Å²) in [5.74, 6) is 0.117. The molecule has 0 saturated carbocycles. The zero-order valence-corrected chi connectivity index (χ0v) is 12.1. The average molecular weight is 312 g/mol. The van der Waals surface area contributed by atoms with Crippen molar-refractivity contribution in [2.75, 3.05) is 13.1 Å². The van der Waals surface area contributed by atoms with Crippen molar-refractivity contribution < 1.29 is 9.90 Å². The molecule has 3 nitrogen and oxygen atoms in total. The second kappa shape index (κ2) is 5.85. The molecule has 98 valence electrons. The van der Waals surface area contributed by atoms with E-state index in [4.69, 9.17) is 0 Å². The van der Waals surface area contributed by atoms with Crippen LogP contribution in [-0.2, 0) is 11.2 Å². The molecule has 1 N–H and O–H groups in total. The standard InChI is InChI=1S/C14H18BrNO2/c1-10(8-11-2-4-12(15)5-3-11)14(18)16-7-6-13(17)9-16/h2-5,10,13,17H,6-9H2,1H3/t10?,13-/m1/s1. The number of carbonyl (C=O) groups excluding carboxylic acids is 1. The smallest absolute Gasteiger partial charge is 0.225 e. The van der Waals surface area contributed by atoms with E-state index in [0.717, 1.165) is 10.9 Å². The topological polar surface area (TPSA) is 40.5 Å². The van der Waals surface area contributed by atoms with Crippen molar-refractivity contribution in [2.45, 2.75) is 25.9 Å². The molecule has 1 heterocycles. The Kier molecular flexibility index (Phi) is 4.40. The SMILES string of the molecule is CC(Cc1ccc(Br)cc1)C(=O)N1CC[C@@H](O)C1. The summed E-state index contributed by atoms with van der Waals surface area (Å²) in [5.41, 5.74) is 1.17. The van der Waals surface area contributed by atoms with Gasteiger partial charge in [0.25, 0.3) is 0 Å². The highest BCUT2D eigenvalue weighted by Crippen LogP contribution is 2.17. The first kappa shape index (κ1) is 13.6. The third kappa shape index (κ3) is 3.33. The Morgan fingerprint density at radius 2 is 2.17 bits per heavy atom. The van der Waals surface area contributed by atoms with Gasteiger partial charge in [-0.05, 0) is 30.5 Å². The van der Waals surface area contributed by atoms with Crippen molar-refractivity contribution in [3.8, 4) is 0 Å². The number of aliphatic hydroxyl groups excluding tert-OH is 1. The van der Waals surface area contributed by atoms with Crippen LogP contribution in [0.5, 0.6) is 0 Å². The van der Waals surface area contributed by atoms with Crippen LogP contribution in [0.1, 0.15) is 18.9 Å². The highest BCUT2D eigenvalue weighted by Gasteiger charge is 2.27. The monoisotopic (exact) mass is 311 g/mol. The Balaban J connectivity index is 1.93. The number of likely N-dealkylation sites (tertiary alicyclic amines) is 1. The van der Waals surface area contributed by atoms with Crippen LogP contribution in [0.25, 0.3) is 0 Å². The van der Waals surface area contributed by atoms with E-state index in [1.54, 1.807) is 4.90 Å². The summed E-state index contributed by atoms with van der Waals surface area (Å²) in [4.78, 5) is 13.9. The molecule has 1 aromatic rings. The van der Waals surface area contributed by atoms with Gasteiger partial charge in [0, 0.05) is 23.5 Å². The second-order valence-corrected chi connectivity index (χ2v) is 5.87. The lowest BCUT2D eigenvalue weighted by atomic mass is 10.00. The Hall–Kier alpha value is -0.870. The van der Waals surface area contributed by atoms with E-state index in [-0.39, 0.29) is 17.9 Å². The maximum atomic E-state index is 12.2. The molecular weight excluding hydrogens is 294 g/mol. The number of rotatable bonds is 3. The molecule has 0 radical (unpaired) electrons. The third-order valence-corrected chi connectivity index (χ3v) is 3.88. The first-order valence-corrected chi connectivity index (χ1v) is 7.07. The van der Waals surface area contributed by atoms with Gasteiger partial charge in [0.1, 0.15) is 0 Å². The number of nitrogens with zero attached hydrogens (tertiary/aromatic N) is 1. The maximum absolute atomic E-state index is 12.2. The lowest BCUT2D eigenvalue weighted by molar-refractivity contribution is -0.134. The number of hydrogen-bond acceptors (Lipinski definition) is 2. The van der Waals surface area contributed by atoms with Crippen molar-refractivity contribution in [3.63, 3.8) is 0 Å². The molecule has 1 saturated heterocycles. The Labute approximate surface area is 116 Å². The van der Waals surface area contributed by atoms with E-state index >= 15 is 0 Å². The van der Waals surface area contributed by atoms with Gasteiger partial charge in [0.05, 0.1) is 6.10 Å². The van der Waals surface area contributed by atoms with E-state index in [1.165, 1.54) is 5.56 Å². The van der Waals surface area contributed by atoms with Crippen LogP contribution in [0, 0.1) is 5.92 Å². The molecule has 1 aliphatic rings. The molecule has 1 aromatic carbocycles. The zero-order valence-electron chi connectivity index (χ0n) is 10.5. The first-order chi connectivity index (χ1) is 8.56. The predicted molar refractivity (Wildman–Crippen MR) is 74.2 cm³/mol. The van der Waals surface area contributed by atoms with Crippen molar-refractivity contribution in [1.29, 1.82) is 0 Å². The molecule has 0 spiro atoms. The highest BCUT2D eigenvalue weighted by molar-refractivity contribution is 9.10. The fraction of sp³-hybridized carbons (Fsp3) is 0.500. The number of aliphatic hydroxyl groups is 1. The highest BCUT2D eigenvalue weighted by atomic mass is 79.9.